The van der Waals surface area contributed by atoms with Gasteiger partial charge in [0.25, 0.3) is 0 Å². The van der Waals surface area contributed by atoms with E-state index in [1.165, 1.54) is 0 Å². The van der Waals surface area contributed by atoms with Crippen molar-refractivity contribution in [3.63, 3.8) is 0 Å². The summed E-state index contributed by atoms with van der Waals surface area (Å²) < 4.78 is 5.63. The van der Waals surface area contributed by atoms with Gasteiger partial charge in [0.05, 0.1) is 24.5 Å². The number of benzene rings is 1. The molecular formula is C15H25N3O2. The van der Waals surface area contributed by atoms with Crippen molar-refractivity contribution in [3.05, 3.63) is 18.2 Å². The van der Waals surface area contributed by atoms with Crippen molar-refractivity contribution in [2.75, 3.05) is 44.4 Å². The molecule has 0 unspecified atom stereocenters. The molecule has 0 spiro atoms. The summed E-state index contributed by atoms with van der Waals surface area (Å²) in [5.41, 5.74) is 7.60. The second-order valence-corrected chi connectivity index (χ2v) is 4.84. The molecule has 5 heteroatoms. The molecule has 0 aromatic heterocycles. The van der Waals surface area contributed by atoms with E-state index in [9.17, 15) is 4.79 Å². The molecule has 1 rings (SSSR count). The highest BCUT2D eigenvalue weighted by molar-refractivity contribution is 5.84. The number of anilines is 2. The molecule has 112 valence electrons. The molecule has 0 radical (unpaired) electrons. The Hall–Kier alpha value is -1.91. The van der Waals surface area contributed by atoms with Crippen molar-refractivity contribution in [1.29, 1.82) is 0 Å². The number of rotatable bonds is 7. The molecule has 0 aliphatic rings. The maximum atomic E-state index is 11.9. The van der Waals surface area contributed by atoms with E-state index in [4.69, 9.17) is 10.5 Å². The van der Waals surface area contributed by atoms with Gasteiger partial charge in [-0.25, -0.2) is 0 Å². The van der Waals surface area contributed by atoms with E-state index in [0.717, 1.165) is 12.1 Å². The van der Waals surface area contributed by atoms with Crippen molar-refractivity contribution < 1.29 is 9.53 Å². The zero-order chi connectivity index (χ0) is 15.1. The van der Waals surface area contributed by atoms with Gasteiger partial charge in [-0.2, -0.15) is 0 Å². The zero-order valence-electron chi connectivity index (χ0n) is 12.8. The van der Waals surface area contributed by atoms with Gasteiger partial charge >= 0.3 is 0 Å². The Labute approximate surface area is 121 Å². The lowest BCUT2D eigenvalue weighted by molar-refractivity contribution is -0.127. The molecule has 0 heterocycles. The van der Waals surface area contributed by atoms with Crippen molar-refractivity contribution in [2.45, 2.75) is 20.3 Å². The first-order valence-electron chi connectivity index (χ1n) is 6.97. The van der Waals surface area contributed by atoms with Gasteiger partial charge in [0.2, 0.25) is 5.91 Å². The summed E-state index contributed by atoms with van der Waals surface area (Å²) in [6.45, 7) is 5.71. The molecule has 0 fully saturated rings. The summed E-state index contributed by atoms with van der Waals surface area (Å²) in [7, 11) is 3.50. The van der Waals surface area contributed by atoms with Gasteiger partial charge in [0.1, 0.15) is 5.75 Å². The largest absolute Gasteiger partial charge is 0.491 e. The number of para-hydroxylation sites is 1. The quantitative estimate of drug-likeness (QED) is 0.775. The highest BCUT2D eigenvalue weighted by atomic mass is 16.5. The highest BCUT2D eigenvalue weighted by Gasteiger charge is 2.15. The average molecular weight is 279 g/mol. The minimum atomic E-state index is 0.0473. The van der Waals surface area contributed by atoms with Crippen LogP contribution in [0.3, 0.4) is 0 Å². The van der Waals surface area contributed by atoms with E-state index < -0.39 is 0 Å². The zero-order valence-corrected chi connectivity index (χ0v) is 12.8. The normalized spacial score (nSPS) is 10.2. The molecule has 0 saturated carbocycles. The smallest absolute Gasteiger partial charge is 0.241 e. The molecule has 0 saturated heterocycles. The highest BCUT2D eigenvalue weighted by Crippen LogP contribution is 2.32. The Morgan fingerprint density at radius 1 is 1.30 bits per heavy atom. The third-order valence-corrected chi connectivity index (χ3v) is 3.05. The number of nitrogen functional groups attached to an aromatic ring is 1. The van der Waals surface area contributed by atoms with Crippen LogP contribution in [0.25, 0.3) is 0 Å². The minimum Gasteiger partial charge on any atom is -0.491 e. The van der Waals surface area contributed by atoms with Gasteiger partial charge in [-0.05, 0) is 25.5 Å². The van der Waals surface area contributed by atoms with E-state index in [-0.39, 0.29) is 5.91 Å². The molecule has 0 atom stereocenters. The van der Waals surface area contributed by atoms with E-state index in [0.29, 0.717) is 31.1 Å². The standard InChI is InChI=1S/C15H25N3O2/c1-5-10-20-13-9-7-8-12(15(13)16)18(6-2)11-14(19)17(3)4/h7-9H,5-6,10-11,16H2,1-4H3. The van der Waals surface area contributed by atoms with Crippen LogP contribution < -0.4 is 15.4 Å². The first-order valence-corrected chi connectivity index (χ1v) is 6.97. The van der Waals surface area contributed by atoms with Crippen LogP contribution in [0.15, 0.2) is 18.2 Å². The Balaban J connectivity index is 2.94. The topological polar surface area (TPSA) is 58.8 Å². The van der Waals surface area contributed by atoms with Crippen LogP contribution in [-0.2, 0) is 4.79 Å². The second-order valence-electron chi connectivity index (χ2n) is 4.84. The first kappa shape index (κ1) is 16.1. The van der Waals surface area contributed by atoms with Crippen molar-refractivity contribution >= 4 is 17.3 Å². The summed E-state index contributed by atoms with van der Waals surface area (Å²) in [6.07, 6.45) is 0.931. The Morgan fingerprint density at radius 3 is 2.55 bits per heavy atom. The summed E-state index contributed by atoms with van der Waals surface area (Å²) in [5.74, 6) is 0.728. The molecule has 0 aliphatic heterocycles. The predicted octanol–water partition coefficient (Wildman–Crippen LogP) is 1.97. The molecule has 1 aromatic rings. The van der Waals surface area contributed by atoms with Crippen LogP contribution in [0.5, 0.6) is 5.75 Å². The molecular weight excluding hydrogens is 254 g/mol. The summed E-state index contributed by atoms with van der Waals surface area (Å²) in [6, 6.07) is 5.68. The maximum absolute atomic E-state index is 11.9. The van der Waals surface area contributed by atoms with Crippen LogP contribution in [0, 0.1) is 0 Å². The van der Waals surface area contributed by atoms with Crippen molar-refractivity contribution in [1.82, 2.24) is 4.90 Å². The second kappa shape index (κ2) is 7.62. The number of nitrogens with two attached hydrogens (primary N) is 1. The lowest BCUT2D eigenvalue weighted by Gasteiger charge is -2.26. The lowest BCUT2D eigenvalue weighted by atomic mass is 10.2. The van der Waals surface area contributed by atoms with Gasteiger partial charge in [-0.15, -0.1) is 0 Å². The third-order valence-electron chi connectivity index (χ3n) is 3.05. The summed E-state index contributed by atoms with van der Waals surface area (Å²) in [4.78, 5) is 15.4. The fourth-order valence-corrected chi connectivity index (χ4v) is 1.82. The summed E-state index contributed by atoms with van der Waals surface area (Å²) in [5, 5.41) is 0. The van der Waals surface area contributed by atoms with Gasteiger partial charge < -0.3 is 20.3 Å². The van der Waals surface area contributed by atoms with Crippen LogP contribution in [0.4, 0.5) is 11.4 Å². The lowest BCUT2D eigenvalue weighted by Crippen LogP contribution is -2.36. The van der Waals surface area contributed by atoms with Gasteiger partial charge in [0.15, 0.2) is 0 Å². The molecule has 0 bridgehead atoms. The molecule has 20 heavy (non-hydrogen) atoms. The van der Waals surface area contributed by atoms with Crippen LogP contribution >= 0.6 is 0 Å². The van der Waals surface area contributed by atoms with E-state index in [1.807, 2.05) is 36.9 Å². The number of ether oxygens (including phenoxy) is 1. The van der Waals surface area contributed by atoms with Crippen molar-refractivity contribution in [3.8, 4) is 5.75 Å². The van der Waals surface area contributed by atoms with Gasteiger partial charge in [-0.1, -0.05) is 13.0 Å². The third kappa shape index (κ3) is 4.05. The maximum Gasteiger partial charge on any atom is 0.241 e. The number of likely N-dealkylation sites (N-methyl/N-ethyl adjacent to an activating group) is 2. The summed E-state index contributed by atoms with van der Waals surface area (Å²) >= 11 is 0. The molecule has 2 N–H and O–H groups in total. The molecule has 5 nitrogen and oxygen atoms in total. The van der Waals surface area contributed by atoms with Crippen molar-refractivity contribution in [2.24, 2.45) is 0 Å². The fourth-order valence-electron chi connectivity index (χ4n) is 1.82. The Morgan fingerprint density at radius 2 is 2.00 bits per heavy atom. The van der Waals surface area contributed by atoms with Gasteiger partial charge in [0, 0.05) is 20.6 Å². The Kier molecular flexibility index (Phi) is 6.15. The average Bonchev–Trinajstić information content (AvgIpc) is 2.43. The number of nitrogens with zero attached hydrogens (tertiary/aromatic N) is 2. The molecule has 1 amide bonds. The van der Waals surface area contributed by atoms with E-state index >= 15 is 0 Å². The molecule has 0 aliphatic carbocycles. The number of carbonyl (C=O) groups excluding carboxylic acids is 1. The first-order chi connectivity index (χ1) is 9.51. The number of hydrogen-bond acceptors (Lipinski definition) is 4. The minimum absolute atomic E-state index is 0.0473. The predicted molar refractivity (Wildman–Crippen MR) is 83.2 cm³/mol. The van der Waals surface area contributed by atoms with Crippen LogP contribution in [0.1, 0.15) is 20.3 Å². The van der Waals surface area contributed by atoms with E-state index in [2.05, 4.69) is 0 Å². The van der Waals surface area contributed by atoms with E-state index in [1.54, 1.807) is 19.0 Å². The number of amides is 1. The monoisotopic (exact) mass is 279 g/mol. The fraction of sp³-hybridized carbons (Fsp3) is 0.533. The van der Waals surface area contributed by atoms with Crippen LogP contribution in [-0.4, -0.2) is 44.6 Å². The van der Waals surface area contributed by atoms with Crippen LogP contribution in [0.2, 0.25) is 0 Å². The van der Waals surface area contributed by atoms with Gasteiger partial charge in [-0.3, -0.25) is 4.79 Å². The SMILES string of the molecule is CCCOc1cccc(N(CC)CC(=O)N(C)C)c1N. The molecule has 1 aromatic carbocycles. The number of carbonyl (C=O) groups is 1. The Bertz CT molecular complexity index is 447. The number of hydrogen-bond donors (Lipinski definition) is 1.